The van der Waals surface area contributed by atoms with E-state index in [1.807, 2.05) is 17.0 Å². The van der Waals surface area contributed by atoms with Crippen molar-refractivity contribution < 1.29 is 13.9 Å². The first-order valence-corrected chi connectivity index (χ1v) is 10.9. The molecule has 0 radical (unpaired) electrons. The lowest BCUT2D eigenvalue weighted by molar-refractivity contribution is -0.134. The number of aromatic nitrogens is 5. The van der Waals surface area contributed by atoms with Gasteiger partial charge in [0.25, 0.3) is 5.91 Å². The Kier molecular flexibility index (Phi) is 5.88. The van der Waals surface area contributed by atoms with Crippen LogP contribution in [0, 0.1) is 5.82 Å². The zero-order valence-electron chi connectivity index (χ0n) is 17.9. The number of hydrogen-bond donors (Lipinski definition) is 3. The Morgan fingerprint density at radius 3 is 2.76 bits per heavy atom. The molecule has 1 aliphatic rings. The molecule has 0 atom stereocenters. The average molecular weight is 449 g/mol. The highest BCUT2D eigenvalue weighted by atomic mass is 19.1. The summed E-state index contributed by atoms with van der Waals surface area (Å²) in [6.07, 6.45) is 5.16. The van der Waals surface area contributed by atoms with Gasteiger partial charge in [0.15, 0.2) is 18.1 Å². The average Bonchev–Trinajstić information content (AvgIpc) is 3.52. The zero-order chi connectivity index (χ0) is 22.6. The maximum atomic E-state index is 13.0. The van der Waals surface area contributed by atoms with E-state index >= 15 is 0 Å². The second-order valence-corrected chi connectivity index (χ2v) is 7.99. The molecule has 0 aliphatic carbocycles. The standard InChI is InChI=1S/C23H24FN7O2/c24-16-1-3-17(4-2-16)33-14-21(32)31-11-7-15(8-12-31)19-6-5-18-22(29-30-23(18)28-19)27-13-20-25-9-10-26-20/h1-6,9-10,15H,7-8,11-14H2,(H,25,26)(H2,27,28,29,30). The normalized spacial score (nSPS) is 14.5. The van der Waals surface area contributed by atoms with Gasteiger partial charge < -0.3 is 19.9 Å². The summed E-state index contributed by atoms with van der Waals surface area (Å²) in [7, 11) is 0. The van der Waals surface area contributed by atoms with E-state index in [2.05, 4.69) is 25.5 Å². The van der Waals surface area contributed by atoms with Gasteiger partial charge >= 0.3 is 0 Å². The van der Waals surface area contributed by atoms with Crippen LogP contribution in [-0.4, -0.2) is 55.7 Å². The summed E-state index contributed by atoms with van der Waals surface area (Å²) in [5.41, 5.74) is 1.74. The SMILES string of the molecule is O=C(COc1ccc(F)cc1)N1CCC(c2ccc3c(NCc4ncc[nH]4)n[nH]c3n2)CC1. The zero-order valence-corrected chi connectivity index (χ0v) is 17.9. The number of nitrogens with zero attached hydrogens (tertiary/aromatic N) is 4. The molecule has 33 heavy (non-hydrogen) atoms. The first-order valence-electron chi connectivity index (χ1n) is 10.9. The first kappa shape index (κ1) is 20.9. The molecule has 0 bridgehead atoms. The summed E-state index contributed by atoms with van der Waals surface area (Å²) in [6, 6.07) is 9.73. The minimum Gasteiger partial charge on any atom is -0.484 e. The predicted molar refractivity (Wildman–Crippen MR) is 120 cm³/mol. The van der Waals surface area contributed by atoms with E-state index in [4.69, 9.17) is 9.72 Å². The van der Waals surface area contributed by atoms with E-state index in [1.165, 1.54) is 24.3 Å². The quantitative estimate of drug-likeness (QED) is 0.399. The number of amides is 1. The van der Waals surface area contributed by atoms with Crippen LogP contribution < -0.4 is 10.1 Å². The number of likely N-dealkylation sites (tertiary alicyclic amines) is 1. The number of anilines is 1. The Morgan fingerprint density at radius 2 is 2.00 bits per heavy atom. The molecule has 1 aliphatic heterocycles. The molecule has 0 spiro atoms. The second kappa shape index (κ2) is 9.27. The van der Waals surface area contributed by atoms with Gasteiger partial charge in [-0.1, -0.05) is 0 Å². The van der Waals surface area contributed by atoms with Gasteiger partial charge in [0.2, 0.25) is 0 Å². The number of piperidine rings is 1. The highest BCUT2D eigenvalue weighted by Gasteiger charge is 2.25. The fourth-order valence-electron chi connectivity index (χ4n) is 4.04. The predicted octanol–water partition coefficient (Wildman–Crippen LogP) is 3.22. The molecule has 1 amide bonds. The third kappa shape index (κ3) is 4.79. The van der Waals surface area contributed by atoms with Gasteiger partial charge in [-0.15, -0.1) is 0 Å². The Balaban J connectivity index is 1.15. The van der Waals surface area contributed by atoms with Crippen LogP contribution in [0.2, 0.25) is 0 Å². The van der Waals surface area contributed by atoms with E-state index in [0.717, 1.165) is 41.2 Å². The van der Waals surface area contributed by atoms with Gasteiger partial charge in [0, 0.05) is 37.1 Å². The molecule has 3 N–H and O–H groups in total. The molecule has 3 aromatic heterocycles. The van der Waals surface area contributed by atoms with Gasteiger partial charge in [-0.05, 0) is 49.2 Å². The summed E-state index contributed by atoms with van der Waals surface area (Å²) in [6.45, 7) is 1.79. The number of benzene rings is 1. The highest BCUT2D eigenvalue weighted by molar-refractivity contribution is 5.87. The number of carbonyl (C=O) groups excluding carboxylic acids is 1. The molecule has 1 saturated heterocycles. The molecule has 5 rings (SSSR count). The lowest BCUT2D eigenvalue weighted by atomic mass is 9.93. The molecule has 9 nitrogen and oxygen atoms in total. The molecule has 10 heteroatoms. The molecular weight excluding hydrogens is 425 g/mol. The van der Waals surface area contributed by atoms with Crippen LogP contribution in [0.3, 0.4) is 0 Å². The van der Waals surface area contributed by atoms with Crippen molar-refractivity contribution in [2.45, 2.75) is 25.3 Å². The van der Waals surface area contributed by atoms with Crippen molar-refractivity contribution >= 4 is 22.8 Å². The molecule has 0 saturated carbocycles. The Labute approximate surface area is 189 Å². The fraction of sp³-hybridized carbons (Fsp3) is 0.304. The first-order chi connectivity index (χ1) is 16.2. The summed E-state index contributed by atoms with van der Waals surface area (Å²) in [5, 5.41) is 11.5. The molecule has 170 valence electrons. The van der Waals surface area contributed by atoms with E-state index in [-0.39, 0.29) is 24.2 Å². The summed E-state index contributed by atoms with van der Waals surface area (Å²) >= 11 is 0. The van der Waals surface area contributed by atoms with Crippen molar-refractivity contribution in [3.63, 3.8) is 0 Å². The number of ether oxygens (including phenoxy) is 1. The molecular formula is C23H24FN7O2. The smallest absolute Gasteiger partial charge is 0.260 e. The van der Waals surface area contributed by atoms with Gasteiger partial charge in [-0.2, -0.15) is 5.10 Å². The molecule has 4 aromatic rings. The van der Waals surface area contributed by atoms with E-state index in [9.17, 15) is 9.18 Å². The van der Waals surface area contributed by atoms with Crippen molar-refractivity contribution in [1.82, 2.24) is 30.0 Å². The van der Waals surface area contributed by atoms with Crippen molar-refractivity contribution in [3.05, 3.63) is 66.1 Å². The van der Waals surface area contributed by atoms with Crippen molar-refractivity contribution in [3.8, 4) is 5.75 Å². The van der Waals surface area contributed by atoms with Crippen LogP contribution in [0.4, 0.5) is 10.2 Å². The van der Waals surface area contributed by atoms with Gasteiger partial charge in [0.05, 0.1) is 11.9 Å². The molecule has 1 fully saturated rings. The number of H-pyrrole nitrogens is 2. The number of fused-ring (bicyclic) bond motifs is 1. The van der Waals surface area contributed by atoms with Crippen LogP contribution in [-0.2, 0) is 11.3 Å². The number of carbonyl (C=O) groups is 1. The monoisotopic (exact) mass is 449 g/mol. The number of halogens is 1. The summed E-state index contributed by atoms with van der Waals surface area (Å²) in [4.78, 5) is 26.3. The minimum atomic E-state index is -0.334. The molecule has 1 aromatic carbocycles. The lowest BCUT2D eigenvalue weighted by Crippen LogP contribution is -2.40. The Hall–Kier alpha value is -3.95. The Bertz CT molecular complexity index is 1220. The number of pyridine rings is 1. The van der Waals surface area contributed by atoms with Crippen molar-refractivity contribution in [2.75, 3.05) is 25.0 Å². The Morgan fingerprint density at radius 1 is 1.18 bits per heavy atom. The molecule has 0 unspecified atom stereocenters. The van der Waals surface area contributed by atoms with Crippen LogP contribution >= 0.6 is 0 Å². The van der Waals surface area contributed by atoms with Gasteiger partial charge in [-0.25, -0.2) is 14.4 Å². The number of aromatic amines is 2. The van der Waals surface area contributed by atoms with Crippen LogP contribution in [0.15, 0.2) is 48.8 Å². The fourth-order valence-corrected chi connectivity index (χ4v) is 4.04. The van der Waals surface area contributed by atoms with Gasteiger partial charge in [0.1, 0.15) is 17.4 Å². The second-order valence-electron chi connectivity index (χ2n) is 7.99. The third-order valence-electron chi connectivity index (χ3n) is 5.87. The minimum absolute atomic E-state index is 0.0531. The van der Waals surface area contributed by atoms with E-state index < -0.39 is 0 Å². The van der Waals surface area contributed by atoms with Crippen LogP contribution in [0.1, 0.15) is 30.3 Å². The maximum Gasteiger partial charge on any atom is 0.260 e. The van der Waals surface area contributed by atoms with E-state index in [0.29, 0.717) is 25.4 Å². The molecule has 4 heterocycles. The maximum absolute atomic E-state index is 13.0. The lowest BCUT2D eigenvalue weighted by Gasteiger charge is -2.31. The third-order valence-corrected chi connectivity index (χ3v) is 5.87. The van der Waals surface area contributed by atoms with Crippen LogP contribution in [0.25, 0.3) is 11.0 Å². The van der Waals surface area contributed by atoms with Crippen LogP contribution in [0.5, 0.6) is 5.75 Å². The largest absolute Gasteiger partial charge is 0.484 e. The number of imidazole rings is 1. The number of hydrogen-bond acceptors (Lipinski definition) is 6. The van der Waals surface area contributed by atoms with Crippen molar-refractivity contribution in [1.29, 1.82) is 0 Å². The number of nitrogens with one attached hydrogen (secondary N) is 3. The van der Waals surface area contributed by atoms with Gasteiger partial charge in [-0.3, -0.25) is 9.89 Å². The summed E-state index contributed by atoms with van der Waals surface area (Å²) in [5.74, 6) is 1.93. The highest BCUT2D eigenvalue weighted by Crippen LogP contribution is 2.29. The summed E-state index contributed by atoms with van der Waals surface area (Å²) < 4.78 is 18.5. The van der Waals surface area contributed by atoms with E-state index in [1.54, 1.807) is 12.4 Å². The number of rotatable bonds is 7. The topological polar surface area (TPSA) is 112 Å². The van der Waals surface area contributed by atoms with Crippen molar-refractivity contribution in [2.24, 2.45) is 0 Å².